The second-order valence-corrected chi connectivity index (χ2v) is 6.66. The third-order valence-corrected chi connectivity index (χ3v) is 4.49. The van der Waals surface area contributed by atoms with E-state index in [-0.39, 0.29) is 58.4 Å². The minimum Gasteiger partial charge on any atom is -0.358 e. The Morgan fingerprint density at radius 3 is 1.86 bits per heavy atom. The molecule has 0 bridgehead atoms. The molecule has 1 aliphatic rings. The van der Waals surface area contributed by atoms with Crippen LogP contribution in [0.1, 0.15) is 11.1 Å². The fourth-order valence-electron chi connectivity index (χ4n) is 2.80. The van der Waals surface area contributed by atoms with E-state index in [1.165, 1.54) is 27.4 Å². The Labute approximate surface area is 210 Å². The summed E-state index contributed by atoms with van der Waals surface area (Å²) >= 11 is 0. The molecule has 0 heterocycles. The van der Waals surface area contributed by atoms with E-state index in [4.69, 9.17) is 0 Å². The standard InChI is InChI=1S/C13H9.C6H7Si.C5H5.CH3.2ClH.Zr/c1-3-7-12-10(5-1)9-11-6-2-4-8-13(11)12;7-6-4-2-1-3-5-6;1-2-4-5-3-1;;;;/h1-5,7-8H,9H2;1-5H,7H2;1-5H;1H3;2*1H;/q-1;;2*-1;;;+3. The van der Waals surface area contributed by atoms with Crippen molar-refractivity contribution in [1.82, 2.24) is 0 Å². The van der Waals surface area contributed by atoms with Gasteiger partial charge in [-0.05, 0) is 6.42 Å². The average Bonchev–Trinajstić information content (AvgIpc) is 3.34. The van der Waals surface area contributed by atoms with Crippen LogP contribution >= 0.6 is 24.8 Å². The summed E-state index contributed by atoms with van der Waals surface area (Å²) < 4.78 is 0. The Bertz CT molecular complexity index is 833. The maximum Gasteiger partial charge on any atom is 3.00 e. The second-order valence-electron chi connectivity index (χ2n) is 5.84. The van der Waals surface area contributed by atoms with Crippen molar-refractivity contribution < 1.29 is 26.2 Å². The Kier molecular flexibility index (Phi) is 17.0. The second kappa shape index (κ2) is 16.5. The van der Waals surface area contributed by atoms with Gasteiger partial charge in [-0.2, -0.15) is 48.0 Å². The number of rotatable bonds is 0. The zero-order valence-corrected chi connectivity index (χ0v) is 22.1. The first-order valence-corrected chi connectivity index (χ1v) is 9.17. The molecular weight excluding hydrogens is 490 g/mol. The first kappa shape index (κ1) is 29.9. The first-order chi connectivity index (χ1) is 12.3. The van der Waals surface area contributed by atoms with Gasteiger partial charge in [0.15, 0.2) is 0 Å². The van der Waals surface area contributed by atoms with Crippen LogP contribution in [0.3, 0.4) is 0 Å². The molecular formula is C25H26Cl2SiZr. The molecule has 148 valence electrons. The van der Waals surface area contributed by atoms with E-state index < -0.39 is 0 Å². The maximum atomic E-state index is 3.30. The molecule has 0 saturated carbocycles. The maximum absolute atomic E-state index is 3.30. The molecule has 0 saturated heterocycles. The van der Waals surface area contributed by atoms with E-state index in [0.29, 0.717) is 0 Å². The van der Waals surface area contributed by atoms with Crippen LogP contribution in [0.5, 0.6) is 0 Å². The number of hydrogen-bond donors (Lipinski definition) is 0. The van der Waals surface area contributed by atoms with Crippen LogP contribution in [0.4, 0.5) is 0 Å². The molecule has 0 nitrogen and oxygen atoms in total. The van der Waals surface area contributed by atoms with Crippen LogP contribution in [-0.4, -0.2) is 10.2 Å². The molecule has 4 aromatic carbocycles. The normalized spacial score (nSPS) is 9.00. The molecule has 1 aliphatic carbocycles. The molecule has 0 atom stereocenters. The molecule has 0 spiro atoms. The molecule has 0 N–H and O–H groups in total. The van der Waals surface area contributed by atoms with Gasteiger partial charge >= 0.3 is 26.2 Å². The number of fused-ring (bicyclic) bond motifs is 3. The summed E-state index contributed by atoms with van der Waals surface area (Å²) in [6, 6.07) is 38.4. The fourth-order valence-corrected chi connectivity index (χ4v) is 3.07. The van der Waals surface area contributed by atoms with Crippen molar-refractivity contribution in [3.05, 3.63) is 128 Å². The summed E-state index contributed by atoms with van der Waals surface area (Å²) in [6.07, 6.45) is 1.05. The van der Waals surface area contributed by atoms with E-state index in [2.05, 4.69) is 54.6 Å². The summed E-state index contributed by atoms with van der Waals surface area (Å²) in [5, 5.41) is 1.35. The Hall–Kier alpha value is -1.31. The van der Waals surface area contributed by atoms with Gasteiger partial charge in [0.05, 0.1) is 0 Å². The van der Waals surface area contributed by atoms with Crippen LogP contribution in [0.2, 0.25) is 0 Å². The van der Waals surface area contributed by atoms with Gasteiger partial charge in [-0.25, -0.2) is 12.1 Å². The SMILES string of the molecule is Cl.Cl.[CH3-].[SiH2]c1ccccc1.[Zr+3].[c-]1cccc2c1Cc1ccccc1-2.c1cc[cH-]c1. The minimum atomic E-state index is 0. The third kappa shape index (κ3) is 9.36. The number of hydrogen-bond acceptors (Lipinski definition) is 0. The predicted molar refractivity (Wildman–Crippen MR) is 131 cm³/mol. The molecule has 0 unspecified atom stereocenters. The van der Waals surface area contributed by atoms with Gasteiger partial charge in [0, 0.05) is 10.2 Å². The van der Waals surface area contributed by atoms with Crippen LogP contribution in [-0.2, 0) is 32.6 Å². The monoisotopic (exact) mass is 514 g/mol. The Morgan fingerprint density at radius 2 is 1.31 bits per heavy atom. The smallest absolute Gasteiger partial charge is 0.358 e. The summed E-state index contributed by atoms with van der Waals surface area (Å²) in [6.45, 7) is 0. The zero-order chi connectivity index (χ0) is 17.3. The van der Waals surface area contributed by atoms with Crippen LogP contribution < -0.4 is 5.19 Å². The summed E-state index contributed by atoms with van der Waals surface area (Å²) in [5.41, 5.74) is 5.51. The largest absolute Gasteiger partial charge is 3.00 e. The summed E-state index contributed by atoms with van der Waals surface area (Å²) in [5.74, 6) is 0. The van der Waals surface area contributed by atoms with Gasteiger partial charge in [0.2, 0.25) is 0 Å². The van der Waals surface area contributed by atoms with Gasteiger partial charge in [0.1, 0.15) is 0 Å². The topological polar surface area (TPSA) is 0 Å². The van der Waals surface area contributed by atoms with Gasteiger partial charge in [-0.15, -0.1) is 30.4 Å². The molecule has 0 aromatic heterocycles. The molecule has 0 amide bonds. The van der Waals surface area contributed by atoms with Gasteiger partial charge in [-0.1, -0.05) is 70.9 Å². The molecule has 0 aliphatic heterocycles. The van der Waals surface area contributed by atoms with Gasteiger partial charge in [-0.3, -0.25) is 0 Å². The van der Waals surface area contributed by atoms with E-state index in [1.807, 2.05) is 64.8 Å². The van der Waals surface area contributed by atoms with E-state index in [1.54, 1.807) is 0 Å². The first-order valence-electron chi connectivity index (χ1n) is 8.46. The van der Waals surface area contributed by atoms with Crippen molar-refractivity contribution in [3.8, 4) is 11.1 Å². The number of benzene rings is 3. The molecule has 5 rings (SSSR count). The minimum absolute atomic E-state index is 0. The Morgan fingerprint density at radius 1 is 0.724 bits per heavy atom. The van der Waals surface area contributed by atoms with Crippen molar-refractivity contribution in [2.75, 3.05) is 0 Å². The predicted octanol–water partition coefficient (Wildman–Crippen LogP) is 5.70. The van der Waals surface area contributed by atoms with Gasteiger partial charge in [0.25, 0.3) is 0 Å². The van der Waals surface area contributed by atoms with Crippen molar-refractivity contribution >= 4 is 40.2 Å². The van der Waals surface area contributed by atoms with Crippen LogP contribution in [0, 0.1) is 13.5 Å². The molecule has 4 aromatic rings. The van der Waals surface area contributed by atoms with Gasteiger partial charge < -0.3 is 7.43 Å². The zero-order valence-electron chi connectivity index (χ0n) is 16.5. The third-order valence-electron chi connectivity index (χ3n) is 4.01. The van der Waals surface area contributed by atoms with Crippen molar-refractivity contribution in [3.63, 3.8) is 0 Å². The molecule has 0 fully saturated rings. The summed E-state index contributed by atoms with van der Waals surface area (Å²) in [7, 11) is 1.90. The van der Waals surface area contributed by atoms with Crippen LogP contribution in [0.25, 0.3) is 11.1 Å². The fraction of sp³-hybridized carbons (Fsp3) is 0.0400. The number of halogens is 2. The molecule has 2 radical (unpaired) electrons. The van der Waals surface area contributed by atoms with Crippen molar-refractivity contribution in [1.29, 1.82) is 0 Å². The van der Waals surface area contributed by atoms with E-state index in [0.717, 1.165) is 6.42 Å². The van der Waals surface area contributed by atoms with Crippen molar-refractivity contribution in [2.45, 2.75) is 6.42 Å². The summed E-state index contributed by atoms with van der Waals surface area (Å²) in [4.78, 5) is 0. The van der Waals surface area contributed by atoms with E-state index in [9.17, 15) is 0 Å². The van der Waals surface area contributed by atoms with Crippen molar-refractivity contribution in [2.24, 2.45) is 0 Å². The van der Waals surface area contributed by atoms with Crippen LogP contribution in [0.15, 0.2) is 103 Å². The van der Waals surface area contributed by atoms with E-state index >= 15 is 0 Å². The molecule has 4 heteroatoms. The molecule has 29 heavy (non-hydrogen) atoms. The average molecular weight is 517 g/mol. The Balaban J connectivity index is 0. The quantitative estimate of drug-likeness (QED) is 0.183.